The van der Waals surface area contributed by atoms with Gasteiger partial charge in [0.25, 0.3) is 11.8 Å². The topological polar surface area (TPSA) is 158 Å². The lowest BCUT2D eigenvalue weighted by Gasteiger charge is -2.32. The molecule has 3 aliphatic heterocycles. The first-order chi connectivity index (χ1) is 22.4. The van der Waals surface area contributed by atoms with Crippen molar-refractivity contribution in [3.8, 4) is 0 Å². The van der Waals surface area contributed by atoms with Gasteiger partial charge in [0.2, 0.25) is 24.1 Å². The summed E-state index contributed by atoms with van der Waals surface area (Å²) < 4.78 is 0. The molecular formula is C33H42N6O6S. The first kappa shape index (κ1) is 33.2. The highest BCUT2D eigenvalue weighted by Crippen LogP contribution is 2.31. The lowest BCUT2D eigenvalue weighted by Crippen LogP contribution is -2.54. The lowest BCUT2D eigenvalue weighted by atomic mass is 9.95. The number of aromatic nitrogens is 1. The molecule has 5 rings (SSSR count). The molecular weight excluding hydrogens is 608 g/mol. The average molecular weight is 651 g/mol. The van der Waals surface area contributed by atoms with Crippen LogP contribution in [0.5, 0.6) is 0 Å². The molecule has 0 saturated carbocycles. The number of carbonyl (C=O) groups excluding carboxylic acids is 6. The number of hydrogen-bond acceptors (Lipinski definition) is 9. The number of nitrogens with one attached hydrogen (secondary N) is 3. The van der Waals surface area contributed by atoms with Gasteiger partial charge < -0.3 is 15.5 Å². The zero-order valence-corrected chi connectivity index (χ0v) is 26.9. The quantitative estimate of drug-likeness (QED) is 0.137. The molecule has 2 unspecified atom stereocenters. The summed E-state index contributed by atoms with van der Waals surface area (Å²) in [5, 5.41) is 10.7. The van der Waals surface area contributed by atoms with Crippen molar-refractivity contribution in [3.05, 3.63) is 40.4 Å². The van der Waals surface area contributed by atoms with Crippen LogP contribution in [0.25, 0.3) is 0 Å². The van der Waals surface area contributed by atoms with E-state index in [2.05, 4.69) is 20.9 Å². The number of nitrogens with zero attached hydrogens (tertiary/aromatic N) is 3. The fraction of sp³-hybridized carbons (Fsp3) is 0.545. The minimum Gasteiger partial charge on any atom is -0.385 e. The summed E-state index contributed by atoms with van der Waals surface area (Å²) in [5.74, 6) is -1.55. The van der Waals surface area contributed by atoms with E-state index >= 15 is 0 Å². The minimum atomic E-state index is -0.963. The number of imide groups is 2. The SMILES string of the molecule is O=CNc1nc(C2CCCN(C(=O)CCCCCCCCCCNc3ccc4c(c3)C(=O)N(C3CCC(=O)NC3=O)C4=O)C2)cs1. The number of likely N-dealkylation sites (tertiary alicyclic amines) is 1. The second-order valence-electron chi connectivity index (χ2n) is 12.2. The summed E-state index contributed by atoms with van der Waals surface area (Å²) in [5.41, 5.74) is 2.27. The van der Waals surface area contributed by atoms with Gasteiger partial charge in [0.05, 0.1) is 16.8 Å². The van der Waals surface area contributed by atoms with Gasteiger partial charge in [0, 0.05) is 49.5 Å². The van der Waals surface area contributed by atoms with Crippen molar-refractivity contribution in [2.24, 2.45) is 0 Å². The molecule has 2 saturated heterocycles. The van der Waals surface area contributed by atoms with Crippen molar-refractivity contribution in [2.45, 2.75) is 95.4 Å². The number of hydrogen-bond donors (Lipinski definition) is 3. The van der Waals surface area contributed by atoms with Gasteiger partial charge in [0.15, 0.2) is 5.13 Å². The van der Waals surface area contributed by atoms with Crippen LogP contribution >= 0.6 is 11.3 Å². The average Bonchev–Trinajstić information content (AvgIpc) is 3.62. The molecule has 3 N–H and O–H groups in total. The predicted molar refractivity (Wildman–Crippen MR) is 174 cm³/mol. The molecule has 2 fully saturated rings. The molecule has 4 heterocycles. The van der Waals surface area contributed by atoms with Crippen LogP contribution in [-0.2, 0) is 19.2 Å². The van der Waals surface area contributed by atoms with E-state index in [1.807, 2.05) is 10.3 Å². The third-order valence-electron chi connectivity index (χ3n) is 8.98. The van der Waals surface area contributed by atoms with Gasteiger partial charge in [-0.05, 0) is 50.3 Å². The van der Waals surface area contributed by atoms with E-state index in [1.54, 1.807) is 18.2 Å². The third kappa shape index (κ3) is 8.17. The van der Waals surface area contributed by atoms with E-state index in [-0.39, 0.29) is 35.8 Å². The second kappa shape index (κ2) is 15.9. The summed E-state index contributed by atoms with van der Waals surface area (Å²) in [7, 11) is 0. The van der Waals surface area contributed by atoms with Crippen LogP contribution in [0, 0.1) is 0 Å². The second-order valence-corrected chi connectivity index (χ2v) is 13.1. The van der Waals surface area contributed by atoms with E-state index in [0.29, 0.717) is 24.5 Å². The van der Waals surface area contributed by atoms with Crippen molar-refractivity contribution in [1.82, 2.24) is 20.1 Å². The van der Waals surface area contributed by atoms with Crippen LogP contribution in [-0.4, -0.2) is 76.4 Å². The fourth-order valence-corrected chi connectivity index (χ4v) is 7.22. The smallest absolute Gasteiger partial charge is 0.262 e. The van der Waals surface area contributed by atoms with Crippen LogP contribution in [0.1, 0.15) is 116 Å². The summed E-state index contributed by atoms with van der Waals surface area (Å²) in [4.78, 5) is 80.4. The van der Waals surface area contributed by atoms with Gasteiger partial charge in [-0.15, -0.1) is 11.3 Å². The Hall–Kier alpha value is -4.13. The van der Waals surface area contributed by atoms with E-state index in [1.165, 1.54) is 11.3 Å². The minimum absolute atomic E-state index is 0.0952. The molecule has 2 atom stereocenters. The van der Waals surface area contributed by atoms with Gasteiger partial charge in [0.1, 0.15) is 6.04 Å². The van der Waals surface area contributed by atoms with Gasteiger partial charge >= 0.3 is 0 Å². The van der Waals surface area contributed by atoms with Gasteiger partial charge in [-0.3, -0.25) is 39.0 Å². The number of fused-ring (bicyclic) bond motifs is 1. The zero-order valence-electron chi connectivity index (χ0n) is 26.1. The molecule has 1 aromatic carbocycles. The van der Waals surface area contributed by atoms with Crippen molar-refractivity contribution in [3.63, 3.8) is 0 Å². The Morgan fingerprint density at radius 1 is 0.978 bits per heavy atom. The molecule has 0 aliphatic carbocycles. The van der Waals surface area contributed by atoms with Crippen LogP contribution in [0.3, 0.4) is 0 Å². The number of anilines is 2. The number of unbranched alkanes of at least 4 members (excludes halogenated alkanes) is 7. The van der Waals surface area contributed by atoms with Crippen molar-refractivity contribution < 1.29 is 28.8 Å². The summed E-state index contributed by atoms with van der Waals surface area (Å²) >= 11 is 1.42. The molecule has 13 heteroatoms. The van der Waals surface area contributed by atoms with E-state index in [0.717, 1.165) is 93.6 Å². The van der Waals surface area contributed by atoms with E-state index < -0.39 is 29.7 Å². The van der Waals surface area contributed by atoms with Gasteiger partial charge in [-0.2, -0.15) is 0 Å². The monoisotopic (exact) mass is 650 g/mol. The summed E-state index contributed by atoms with van der Waals surface area (Å²) in [6.45, 7) is 2.25. The number of carbonyl (C=O) groups is 6. The summed E-state index contributed by atoms with van der Waals surface area (Å²) in [6.07, 6.45) is 12.0. The molecule has 3 aliphatic rings. The molecule has 46 heavy (non-hydrogen) atoms. The first-order valence-corrected chi connectivity index (χ1v) is 17.3. The summed E-state index contributed by atoms with van der Waals surface area (Å²) in [6, 6.07) is 4.10. The maximum atomic E-state index is 13.0. The van der Waals surface area contributed by atoms with Crippen molar-refractivity contribution in [1.29, 1.82) is 0 Å². The number of thiazole rings is 1. The molecule has 2 aromatic rings. The molecule has 0 bridgehead atoms. The van der Waals surface area contributed by atoms with Crippen molar-refractivity contribution >= 4 is 58.1 Å². The maximum absolute atomic E-state index is 13.0. The Morgan fingerprint density at radius 2 is 1.72 bits per heavy atom. The molecule has 0 spiro atoms. The number of rotatable bonds is 16. The maximum Gasteiger partial charge on any atom is 0.262 e. The number of benzene rings is 1. The van der Waals surface area contributed by atoms with Crippen molar-refractivity contribution in [2.75, 3.05) is 30.3 Å². The molecule has 12 nitrogen and oxygen atoms in total. The van der Waals surface area contributed by atoms with Crippen LogP contribution < -0.4 is 16.0 Å². The Kier molecular flexibility index (Phi) is 11.5. The highest BCUT2D eigenvalue weighted by Gasteiger charge is 2.44. The lowest BCUT2D eigenvalue weighted by molar-refractivity contribution is -0.136. The Balaban J connectivity index is 0.913. The standard InChI is InChI=1S/C33H42N6O6S/c40-21-35-33-36-26(20-46-33)22-10-9-17-38(19-22)29(42)11-7-5-3-1-2-4-6-8-16-34-23-12-13-24-25(18-23)32(45)39(31(24)44)27-14-15-28(41)37-30(27)43/h12-13,18,20-22,27,34H,1-11,14-17,19H2,(H,35,36,40)(H,37,41,43). The zero-order chi connectivity index (χ0) is 32.5. The Labute approximate surface area is 272 Å². The largest absolute Gasteiger partial charge is 0.385 e. The number of amides is 6. The number of piperidine rings is 2. The van der Waals surface area contributed by atoms with Crippen LogP contribution in [0.4, 0.5) is 10.8 Å². The Morgan fingerprint density at radius 3 is 2.48 bits per heavy atom. The molecule has 1 aromatic heterocycles. The van der Waals surface area contributed by atoms with E-state index in [9.17, 15) is 28.8 Å². The van der Waals surface area contributed by atoms with Gasteiger partial charge in [-0.25, -0.2) is 4.98 Å². The van der Waals surface area contributed by atoms with Gasteiger partial charge in [-0.1, -0.05) is 38.5 Å². The molecule has 6 amide bonds. The van der Waals surface area contributed by atoms with Crippen LogP contribution in [0.15, 0.2) is 23.6 Å². The molecule has 246 valence electrons. The molecule has 0 radical (unpaired) electrons. The predicted octanol–water partition coefficient (Wildman–Crippen LogP) is 4.44. The highest BCUT2D eigenvalue weighted by molar-refractivity contribution is 7.13. The Bertz CT molecular complexity index is 1460. The third-order valence-corrected chi connectivity index (χ3v) is 9.77. The fourth-order valence-electron chi connectivity index (χ4n) is 6.47. The van der Waals surface area contributed by atoms with Crippen LogP contribution in [0.2, 0.25) is 0 Å². The first-order valence-electron chi connectivity index (χ1n) is 16.4. The normalized spacial score (nSPS) is 19.7. The van der Waals surface area contributed by atoms with E-state index in [4.69, 9.17) is 0 Å². The highest BCUT2D eigenvalue weighted by atomic mass is 32.1.